The smallest absolute Gasteiger partial charge is 0.255 e. The number of rotatable bonds is 4. The van der Waals surface area contributed by atoms with Gasteiger partial charge in [-0.1, -0.05) is 12.1 Å². The molecule has 24 heavy (non-hydrogen) atoms. The van der Waals surface area contributed by atoms with Crippen LogP contribution in [0.2, 0.25) is 0 Å². The van der Waals surface area contributed by atoms with Crippen LogP contribution in [0.15, 0.2) is 42.5 Å². The normalized spacial score (nSPS) is 14.5. The zero-order valence-corrected chi connectivity index (χ0v) is 14.2. The number of amides is 1. The molecule has 1 heterocycles. The summed E-state index contributed by atoms with van der Waals surface area (Å²) < 4.78 is 22.5. The minimum atomic E-state index is -0.941. The Balaban J connectivity index is 1.75. The van der Waals surface area contributed by atoms with Gasteiger partial charge >= 0.3 is 0 Å². The molecule has 126 valence electrons. The lowest BCUT2D eigenvalue weighted by Crippen LogP contribution is -2.12. The van der Waals surface area contributed by atoms with Gasteiger partial charge in [0.25, 0.3) is 5.91 Å². The monoisotopic (exact) mass is 345 g/mol. The lowest BCUT2D eigenvalue weighted by atomic mass is 10.1. The van der Waals surface area contributed by atoms with E-state index in [0.29, 0.717) is 41.7 Å². The van der Waals surface area contributed by atoms with Gasteiger partial charge in [0.05, 0.1) is 13.2 Å². The molecule has 1 aliphatic rings. The lowest BCUT2D eigenvalue weighted by molar-refractivity contribution is 0.102. The molecular weight excluding hydrogens is 326 g/mol. The van der Waals surface area contributed by atoms with Gasteiger partial charge in [-0.2, -0.15) is 0 Å². The van der Waals surface area contributed by atoms with Crippen molar-refractivity contribution in [2.24, 2.45) is 0 Å². The first-order chi connectivity index (χ1) is 11.6. The molecule has 0 aliphatic carbocycles. The molecule has 0 saturated heterocycles. The van der Waals surface area contributed by atoms with E-state index in [1.165, 1.54) is 0 Å². The molecule has 2 aromatic rings. The number of ether oxygens (including phenoxy) is 2. The van der Waals surface area contributed by atoms with Crippen LogP contribution in [-0.4, -0.2) is 29.6 Å². The van der Waals surface area contributed by atoms with Crippen molar-refractivity contribution in [2.45, 2.75) is 12.2 Å². The van der Waals surface area contributed by atoms with Crippen molar-refractivity contribution in [1.29, 1.82) is 0 Å². The van der Waals surface area contributed by atoms with Gasteiger partial charge in [-0.25, -0.2) is 0 Å². The molecule has 0 aromatic heterocycles. The molecule has 5 nitrogen and oxygen atoms in total. The second kappa shape index (κ2) is 7.49. The third-order valence-corrected chi connectivity index (χ3v) is 4.30. The Morgan fingerprint density at radius 1 is 1.12 bits per heavy atom. The first kappa shape index (κ1) is 16.5. The maximum atomic E-state index is 12.4. The first-order valence-electron chi connectivity index (χ1n) is 7.72. The van der Waals surface area contributed by atoms with Crippen LogP contribution in [0, 0.1) is 0 Å². The van der Waals surface area contributed by atoms with Gasteiger partial charge in [-0.05, 0) is 29.8 Å². The quantitative estimate of drug-likeness (QED) is 0.925. The van der Waals surface area contributed by atoms with Crippen LogP contribution in [0.1, 0.15) is 22.3 Å². The van der Waals surface area contributed by atoms with Gasteiger partial charge < -0.3 is 14.8 Å². The SMILES string of the molecule is C[S@](=O)Cc1cccc(C(=O)Nc2ccc3c(c2)OCCCO3)c1. The molecule has 6 heteroatoms. The summed E-state index contributed by atoms with van der Waals surface area (Å²) in [5, 5.41) is 2.86. The number of hydrogen-bond acceptors (Lipinski definition) is 4. The van der Waals surface area contributed by atoms with E-state index in [0.717, 1.165) is 12.0 Å². The Labute approximate surface area is 143 Å². The van der Waals surface area contributed by atoms with Crippen molar-refractivity contribution < 1.29 is 18.5 Å². The third-order valence-electron chi connectivity index (χ3n) is 3.56. The standard InChI is InChI=1S/C18H19NO4S/c1-24(21)12-13-4-2-5-14(10-13)18(20)19-15-6-7-16-17(11-15)23-9-3-8-22-16/h2,4-7,10-11H,3,8-9,12H2,1H3,(H,19,20)/t24-/m0/s1. The summed E-state index contributed by atoms with van der Waals surface area (Å²) in [5.74, 6) is 1.55. The minimum absolute atomic E-state index is 0.215. The molecule has 0 radical (unpaired) electrons. The second-order valence-electron chi connectivity index (χ2n) is 5.58. The van der Waals surface area contributed by atoms with Gasteiger partial charge in [0.15, 0.2) is 11.5 Å². The molecule has 0 fully saturated rings. The fourth-order valence-electron chi connectivity index (χ4n) is 2.48. The molecule has 3 rings (SSSR count). The summed E-state index contributed by atoms with van der Waals surface area (Å²) in [7, 11) is -0.941. The molecule has 0 spiro atoms. The Morgan fingerprint density at radius 2 is 1.92 bits per heavy atom. The van der Waals surface area contributed by atoms with Crippen LogP contribution in [0.4, 0.5) is 5.69 Å². The summed E-state index contributed by atoms with van der Waals surface area (Å²) in [4.78, 5) is 12.4. The van der Waals surface area contributed by atoms with Gasteiger partial charge in [0.2, 0.25) is 0 Å². The van der Waals surface area contributed by atoms with Crippen molar-refractivity contribution in [3.8, 4) is 11.5 Å². The first-order valence-corrected chi connectivity index (χ1v) is 9.44. The molecule has 1 amide bonds. The van der Waals surface area contributed by atoms with E-state index in [1.54, 1.807) is 42.7 Å². The van der Waals surface area contributed by atoms with E-state index in [1.807, 2.05) is 6.07 Å². The van der Waals surface area contributed by atoms with Gasteiger partial charge in [0, 0.05) is 46.5 Å². The van der Waals surface area contributed by atoms with E-state index in [-0.39, 0.29) is 5.91 Å². The Bertz CT molecular complexity index is 775. The molecule has 1 aliphatic heterocycles. The third kappa shape index (κ3) is 4.14. The molecule has 2 aromatic carbocycles. The van der Waals surface area contributed by atoms with Crippen LogP contribution in [-0.2, 0) is 16.6 Å². The van der Waals surface area contributed by atoms with Crippen molar-refractivity contribution >= 4 is 22.4 Å². The van der Waals surface area contributed by atoms with Gasteiger partial charge in [-0.3, -0.25) is 9.00 Å². The molecule has 0 saturated carbocycles. The highest BCUT2D eigenvalue weighted by atomic mass is 32.2. The molecule has 1 N–H and O–H groups in total. The summed E-state index contributed by atoms with van der Waals surface area (Å²) in [6.07, 6.45) is 2.48. The van der Waals surface area contributed by atoms with E-state index in [4.69, 9.17) is 9.47 Å². The molecule has 0 unspecified atom stereocenters. The van der Waals surface area contributed by atoms with Gasteiger partial charge in [0.1, 0.15) is 0 Å². The van der Waals surface area contributed by atoms with Crippen LogP contribution >= 0.6 is 0 Å². The largest absolute Gasteiger partial charge is 0.490 e. The Hall–Kier alpha value is -2.34. The highest BCUT2D eigenvalue weighted by Crippen LogP contribution is 2.32. The fourth-order valence-corrected chi connectivity index (χ4v) is 3.13. The van der Waals surface area contributed by atoms with Crippen molar-refractivity contribution in [3.05, 3.63) is 53.6 Å². The van der Waals surface area contributed by atoms with Crippen molar-refractivity contribution in [2.75, 3.05) is 24.8 Å². The van der Waals surface area contributed by atoms with E-state index in [2.05, 4.69) is 5.32 Å². The summed E-state index contributed by atoms with van der Waals surface area (Å²) in [6, 6.07) is 12.5. The lowest BCUT2D eigenvalue weighted by Gasteiger charge is -2.11. The number of anilines is 1. The highest BCUT2D eigenvalue weighted by molar-refractivity contribution is 7.83. The Kier molecular flexibility index (Phi) is 5.15. The maximum absolute atomic E-state index is 12.4. The van der Waals surface area contributed by atoms with Crippen LogP contribution in [0.5, 0.6) is 11.5 Å². The van der Waals surface area contributed by atoms with Gasteiger partial charge in [-0.15, -0.1) is 0 Å². The highest BCUT2D eigenvalue weighted by Gasteiger charge is 2.13. The topological polar surface area (TPSA) is 64.6 Å². The summed E-state index contributed by atoms with van der Waals surface area (Å²) in [5.41, 5.74) is 2.06. The number of carbonyl (C=O) groups is 1. The van der Waals surface area contributed by atoms with Crippen molar-refractivity contribution in [3.63, 3.8) is 0 Å². The minimum Gasteiger partial charge on any atom is -0.490 e. The number of fused-ring (bicyclic) bond motifs is 1. The molecular formula is C18H19NO4S. The van der Waals surface area contributed by atoms with Crippen molar-refractivity contribution in [1.82, 2.24) is 0 Å². The van der Waals surface area contributed by atoms with Crippen LogP contribution in [0.25, 0.3) is 0 Å². The average molecular weight is 345 g/mol. The molecule has 0 bridgehead atoms. The van der Waals surface area contributed by atoms with Crippen LogP contribution in [0.3, 0.4) is 0 Å². The maximum Gasteiger partial charge on any atom is 0.255 e. The molecule has 1 atom stereocenters. The van der Waals surface area contributed by atoms with E-state index in [9.17, 15) is 9.00 Å². The Morgan fingerprint density at radius 3 is 2.71 bits per heavy atom. The van der Waals surface area contributed by atoms with E-state index >= 15 is 0 Å². The van der Waals surface area contributed by atoms with Crippen LogP contribution < -0.4 is 14.8 Å². The summed E-state index contributed by atoms with van der Waals surface area (Å²) >= 11 is 0. The number of nitrogens with one attached hydrogen (secondary N) is 1. The number of benzene rings is 2. The zero-order valence-electron chi connectivity index (χ0n) is 13.4. The second-order valence-corrected chi connectivity index (χ2v) is 7.02. The predicted molar refractivity (Wildman–Crippen MR) is 94.2 cm³/mol. The summed E-state index contributed by atoms with van der Waals surface area (Å²) in [6.45, 7) is 1.23. The van der Waals surface area contributed by atoms with E-state index < -0.39 is 10.8 Å². The fraction of sp³-hybridized carbons (Fsp3) is 0.278. The zero-order chi connectivity index (χ0) is 16.9. The number of carbonyl (C=O) groups excluding carboxylic acids is 1. The average Bonchev–Trinajstić information content (AvgIpc) is 2.79. The number of hydrogen-bond donors (Lipinski definition) is 1. The predicted octanol–water partition coefficient (Wildman–Crippen LogP) is 2.98.